The number of aryl methyl sites for hydroxylation is 1. The van der Waals surface area contributed by atoms with Gasteiger partial charge in [-0.1, -0.05) is 78.4 Å². The van der Waals surface area contributed by atoms with E-state index in [1.54, 1.807) is 30.1 Å². The highest BCUT2D eigenvalue weighted by atomic mass is 19.1. The molecule has 0 aliphatic heterocycles. The van der Waals surface area contributed by atoms with Gasteiger partial charge in [0.25, 0.3) is 0 Å². The molecule has 2 amide bonds. The second-order valence-corrected chi connectivity index (χ2v) is 7.60. The average Bonchev–Trinajstić information content (AvgIpc) is 2.78. The van der Waals surface area contributed by atoms with Crippen LogP contribution in [0.2, 0.25) is 0 Å². The van der Waals surface area contributed by atoms with Crippen LogP contribution < -0.4 is 5.32 Å². The Morgan fingerprint density at radius 2 is 1.61 bits per heavy atom. The van der Waals surface area contributed by atoms with Crippen molar-refractivity contribution >= 4 is 11.8 Å². The van der Waals surface area contributed by atoms with Gasteiger partial charge in [0, 0.05) is 20.0 Å². The summed E-state index contributed by atoms with van der Waals surface area (Å²) >= 11 is 0. The molecule has 1 atom stereocenters. The molecular weight excluding hydrogens is 391 g/mol. The minimum Gasteiger partial charge on any atom is -0.357 e. The minimum absolute atomic E-state index is 0.110. The first kappa shape index (κ1) is 22.2. The molecule has 1 N–H and O–H groups in total. The van der Waals surface area contributed by atoms with Crippen LogP contribution >= 0.6 is 0 Å². The van der Waals surface area contributed by atoms with Crippen LogP contribution in [0.3, 0.4) is 0 Å². The maximum Gasteiger partial charge on any atom is 0.242 e. The molecule has 5 heteroatoms. The van der Waals surface area contributed by atoms with E-state index in [-0.39, 0.29) is 24.8 Å². The van der Waals surface area contributed by atoms with Gasteiger partial charge in [0.15, 0.2) is 0 Å². The van der Waals surface area contributed by atoms with Crippen molar-refractivity contribution in [2.45, 2.75) is 32.4 Å². The van der Waals surface area contributed by atoms with Crippen molar-refractivity contribution in [2.75, 3.05) is 7.05 Å². The van der Waals surface area contributed by atoms with E-state index in [1.165, 1.54) is 6.07 Å². The molecule has 0 aromatic heterocycles. The number of rotatable bonds is 8. The number of nitrogens with zero attached hydrogens (tertiary/aromatic N) is 1. The zero-order chi connectivity index (χ0) is 22.2. The second kappa shape index (κ2) is 10.5. The maximum absolute atomic E-state index is 14.2. The Bertz CT molecular complexity index is 1040. The summed E-state index contributed by atoms with van der Waals surface area (Å²) in [5.74, 6) is -0.972. The molecule has 0 bridgehead atoms. The highest BCUT2D eigenvalue weighted by molar-refractivity contribution is 5.88. The van der Waals surface area contributed by atoms with Crippen molar-refractivity contribution in [3.05, 3.63) is 107 Å². The van der Waals surface area contributed by atoms with Crippen LogP contribution in [0.5, 0.6) is 0 Å². The summed E-state index contributed by atoms with van der Waals surface area (Å²) in [5, 5.41) is 2.69. The quantitative estimate of drug-likeness (QED) is 0.600. The maximum atomic E-state index is 14.2. The summed E-state index contributed by atoms with van der Waals surface area (Å²) in [5.41, 5.74) is 3.25. The van der Waals surface area contributed by atoms with Gasteiger partial charge in [0.2, 0.25) is 11.8 Å². The lowest BCUT2D eigenvalue weighted by Gasteiger charge is -2.31. The zero-order valence-corrected chi connectivity index (χ0v) is 17.8. The summed E-state index contributed by atoms with van der Waals surface area (Å²) < 4.78 is 14.2. The third-order valence-corrected chi connectivity index (χ3v) is 5.25. The van der Waals surface area contributed by atoms with Crippen LogP contribution in [0.1, 0.15) is 22.3 Å². The van der Waals surface area contributed by atoms with Crippen LogP contribution in [-0.2, 0) is 29.0 Å². The van der Waals surface area contributed by atoms with Gasteiger partial charge in [0.05, 0.1) is 6.42 Å². The van der Waals surface area contributed by atoms with E-state index in [2.05, 4.69) is 5.32 Å². The monoisotopic (exact) mass is 418 g/mol. The van der Waals surface area contributed by atoms with E-state index in [9.17, 15) is 14.0 Å². The highest BCUT2D eigenvalue weighted by Gasteiger charge is 2.30. The summed E-state index contributed by atoms with van der Waals surface area (Å²) in [6, 6.07) is 22.9. The van der Waals surface area contributed by atoms with Gasteiger partial charge in [-0.05, 0) is 29.7 Å². The molecule has 0 aliphatic rings. The molecule has 0 fully saturated rings. The number of carbonyl (C=O) groups excluding carboxylic acids is 2. The van der Waals surface area contributed by atoms with Gasteiger partial charge in [-0.25, -0.2) is 4.39 Å². The standard InChI is InChI=1S/C26H27FN2O2/c1-19-9-8-12-21(15-19)18-29(25(30)17-22-13-6-7-14-23(22)27)24(26(31)28-2)16-20-10-4-3-5-11-20/h3-15,24H,16-18H2,1-2H3,(H,28,31)/t24-/m1/s1. The number of hydrogen-bond acceptors (Lipinski definition) is 2. The van der Waals surface area contributed by atoms with Crippen molar-refractivity contribution in [1.82, 2.24) is 10.2 Å². The fourth-order valence-corrected chi connectivity index (χ4v) is 3.63. The Morgan fingerprint density at radius 3 is 2.29 bits per heavy atom. The number of halogens is 1. The molecule has 31 heavy (non-hydrogen) atoms. The van der Waals surface area contributed by atoms with E-state index in [4.69, 9.17) is 0 Å². The molecule has 3 aromatic rings. The van der Waals surface area contributed by atoms with Crippen LogP contribution in [-0.4, -0.2) is 29.8 Å². The first-order valence-electron chi connectivity index (χ1n) is 10.3. The average molecular weight is 419 g/mol. The third kappa shape index (κ3) is 6.01. The van der Waals surface area contributed by atoms with Gasteiger partial charge in [0.1, 0.15) is 11.9 Å². The number of hydrogen-bond donors (Lipinski definition) is 1. The SMILES string of the molecule is CNC(=O)[C@@H](Cc1ccccc1)N(Cc1cccc(C)c1)C(=O)Cc1ccccc1F. The molecule has 160 valence electrons. The van der Waals surface area contributed by atoms with Crippen LogP contribution in [0.4, 0.5) is 4.39 Å². The second-order valence-electron chi connectivity index (χ2n) is 7.60. The number of carbonyl (C=O) groups is 2. The molecule has 3 rings (SSSR count). The molecule has 0 unspecified atom stereocenters. The number of nitrogens with one attached hydrogen (secondary N) is 1. The van der Waals surface area contributed by atoms with Crippen molar-refractivity contribution in [2.24, 2.45) is 0 Å². The molecule has 3 aromatic carbocycles. The van der Waals surface area contributed by atoms with Crippen molar-refractivity contribution < 1.29 is 14.0 Å². The van der Waals surface area contributed by atoms with Gasteiger partial charge in [-0.2, -0.15) is 0 Å². The Labute approximate surface area is 182 Å². The molecule has 0 heterocycles. The van der Waals surface area contributed by atoms with E-state index >= 15 is 0 Å². The molecule has 0 radical (unpaired) electrons. The first-order valence-corrected chi connectivity index (χ1v) is 10.3. The van der Waals surface area contributed by atoms with Gasteiger partial charge in [-0.15, -0.1) is 0 Å². The van der Waals surface area contributed by atoms with Crippen LogP contribution in [0.15, 0.2) is 78.9 Å². The minimum atomic E-state index is -0.716. The molecule has 0 spiro atoms. The summed E-state index contributed by atoms with van der Waals surface area (Å²) in [6.07, 6.45) is 0.260. The number of likely N-dealkylation sites (N-methyl/N-ethyl adjacent to an activating group) is 1. The lowest BCUT2D eigenvalue weighted by atomic mass is 10.0. The molecule has 0 saturated carbocycles. The topological polar surface area (TPSA) is 49.4 Å². The first-order chi connectivity index (χ1) is 15.0. The number of amides is 2. The lowest BCUT2D eigenvalue weighted by Crippen LogP contribution is -2.50. The van der Waals surface area contributed by atoms with E-state index < -0.39 is 11.9 Å². The predicted molar refractivity (Wildman–Crippen MR) is 120 cm³/mol. The highest BCUT2D eigenvalue weighted by Crippen LogP contribution is 2.18. The normalized spacial score (nSPS) is 11.6. The molecule has 0 saturated heterocycles. The third-order valence-electron chi connectivity index (χ3n) is 5.25. The van der Waals surface area contributed by atoms with E-state index in [0.29, 0.717) is 12.0 Å². The zero-order valence-electron chi connectivity index (χ0n) is 17.8. The number of benzene rings is 3. The van der Waals surface area contributed by atoms with Crippen molar-refractivity contribution in [1.29, 1.82) is 0 Å². The van der Waals surface area contributed by atoms with Crippen molar-refractivity contribution in [3.8, 4) is 0 Å². The van der Waals surface area contributed by atoms with Gasteiger partial charge >= 0.3 is 0 Å². The lowest BCUT2D eigenvalue weighted by molar-refractivity contribution is -0.140. The molecular formula is C26H27FN2O2. The van der Waals surface area contributed by atoms with Crippen LogP contribution in [0.25, 0.3) is 0 Å². The fourth-order valence-electron chi connectivity index (χ4n) is 3.63. The predicted octanol–water partition coefficient (Wildman–Crippen LogP) is 4.06. The molecule has 4 nitrogen and oxygen atoms in total. The van der Waals surface area contributed by atoms with Gasteiger partial charge in [-0.3, -0.25) is 9.59 Å². The molecule has 0 aliphatic carbocycles. The largest absolute Gasteiger partial charge is 0.357 e. The fraction of sp³-hybridized carbons (Fsp3) is 0.231. The Morgan fingerprint density at radius 1 is 0.935 bits per heavy atom. The Kier molecular flexibility index (Phi) is 7.55. The summed E-state index contributed by atoms with van der Waals surface area (Å²) in [6.45, 7) is 2.25. The van der Waals surface area contributed by atoms with Crippen LogP contribution in [0, 0.1) is 12.7 Å². The van der Waals surface area contributed by atoms with E-state index in [1.807, 2.05) is 61.5 Å². The van der Waals surface area contributed by atoms with Crippen molar-refractivity contribution in [3.63, 3.8) is 0 Å². The summed E-state index contributed by atoms with van der Waals surface area (Å²) in [4.78, 5) is 27.8. The summed E-state index contributed by atoms with van der Waals surface area (Å²) in [7, 11) is 1.56. The smallest absolute Gasteiger partial charge is 0.242 e. The van der Waals surface area contributed by atoms with E-state index in [0.717, 1.165) is 16.7 Å². The Balaban J connectivity index is 1.95. The Hall–Kier alpha value is -3.47. The van der Waals surface area contributed by atoms with Gasteiger partial charge < -0.3 is 10.2 Å².